The smallest absolute Gasteiger partial charge is 0.173 e. The molecular weight excluding hydrogens is 242 g/mol. The van der Waals surface area contributed by atoms with E-state index < -0.39 is 6.08 Å². The molecule has 0 heterocycles. The molecule has 0 amide bonds. The van der Waals surface area contributed by atoms with Crippen molar-refractivity contribution in [3.63, 3.8) is 0 Å². The molecule has 0 radical (unpaired) electrons. The molecule has 2 heteroatoms. The van der Waals surface area contributed by atoms with Gasteiger partial charge >= 0.3 is 0 Å². The van der Waals surface area contributed by atoms with Crippen molar-refractivity contribution in [3.8, 4) is 0 Å². The van der Waals surface area contributed by atoms with Crippen LogP contribution >= 0.6 is 0 Å². The Bertz CT molecular complexity index is 594. The van der Waals surface area contributed by atoms with E-state index in [1.165, 1.54) is 0 Å². The Balaban J connectivity index is 2.39. The van der Waals surface area contributed by atoms with E-state index in [2.05, 4.69) is 0 Å². The Morgan fingerprint density at radius 1 is 0.947 bits per heavy atom. The molecule has 0 aliphatic rings. The third-order valence-electron chi connectivity index (χ3n) is 3.22. The molecule has 0 atom stereocenters. The van der Waals surface area contributed by atoms with Crippen LogP contribution in [-0.2, 0) is 6.42 Å². The molecule has 0 bridgehead atoms. The minimum absolute atomic E-state index is 0.106. The van der Waals surface area contributed by atoms with Crippen LogP contribution in [0.5, 0.6) is 0 Å². The summed E-state index contributed by atoms with van der Waals surface area (Å²) in [5.74, 6) is 0. The van der Waals surface area contributed by atoms with Gasteiger partial charge in [0.1, 0.15) is 0 Å². The average Bonchev–Trinajstić information content (AvgIpc) is 2.40. The number of aryl methyl sites for hydroxylation is 2. The summed E-state index contributed by atoms with van der Waals surface area (Å²) in [7, 11) is 0. The highest BCUT2D eigenvalue weighted by molar-refractivity contribution is 5.68. The summed E-state index contributed by atoms with van der Waals surface area (Å²) in [5.41, 5.74) is 3.77. The van der Waals surface area contributed by atoms with Gasteiger partial charge in [0.2, 0.25) is 0 Å². The normalized spacial score (nSPS) is 10.3. The SMILES string of the molecule is Cc1ccc(C)c(CC(=C(F)F)c2ccccc2)c1. The minimum atomic E-state index is -1.60. The van der Waals surface area contributed by atoms with Crippen molar-refractivity contribution < 1.29 is 8.78 Å². The van der Waals surface area contributed by atoms with E-state index in [4.69, 9.17) is 0 Å². The first-order valence-corrected chi connectivity index (χ1v) is 6.23. The fraction of sp³-hybridized carbons (Fsp3) is 0.176. The summed E-state index contributed by atoms with van der Waals surface area (Å²) < 4.78 is 26.4. The number of benzene rings is 2. The molecule has 98 valence electrons. The van der Waals surface area contributed by atoms with Gasteiger partial charge in [0.25, 0.3) is 6.08 Å². The Morgan fingerprint density at radius 3 is 2.26 bits per heavy atom. The van der Waals surface area contributed by atoms with Crippen molar-refractivity contribution in [1.29, 1.82) is 0 Å². The number of allylic oxidation sites excluding steroid dienone is 1. The second kappa shape index (κ2) is 5.79. The Labute approximate surface area is 112 Å². The summed E-state index contributed by atoms with van der Waals surface area (Å²) in [6.07, 6.45) is -1.34. The lowest BCUT2D eigenvalue weighted by Crippen LogP contribution is -1.95. The molecule has 0 unspecified atom stereocenters. The van der Waals surface area contributed by atoms with Crippen LogP contribution < -0.4 is 0 Å². The van der Waals surface area contributed by atoms with Crippen molar-refractivity contribution in [1.82, 2.24) is 0 Å². The standard InChI is InChI=1S/C17H16F2/c1-12-8-9-13(2)15(10-12)11-16(17(18)19)14-6-4-3-5-7-14/h3-10H,11H2,1-2H3. The van der Waals surface area contributed by atoms with E-state index >= 15 is 0 Å². The topological polar surface area (TPSA) is 0 Å². The van der Waals surface area contributed by atoms with Crippen molar-refractivity contribution >= 4 is 5.57 Å². The maximum absolute atomic E-state index is 13.2. The van der Waals surface area contributed by atoms with Gasteiger partial charge in [-0.1, -0.05) is 54.1 Å². The predicted octanol–water partition coefficient (Wildman–Crippen LogP) is 5.15. The highest BCUT2D eigenvalue weighted by Crippen LogP contribution is 2.26. The van der Waals surface area contributed by atoms with Crippen molar-refractivity contribution in [3.05, 3.63) is 76.9 Å². The Hall–Kier alpha value is -1.96. The van der Waals surface area contributed by atoms with Gasteiger partial charge in [0, 0.05) is 12.0 Å². The summed E-state index contributed by atoms with van der Waals surface area (Å²) in [6.45, 7) is 3.92. The largest absolute Gasteiger partial charge is 0.274 e. The molecule has 0 aliphatic carbocycles. The first kappa shape index (κ1) is 13.5. The summed E-state index contributed by atoms with van der Waals surface area (Å²) >= 11 is 0. The summed E-state index contributed by atoms with van der Waals surface area (Å²) in [6, 6.07) is 14.8. The van der Waals surface area contributed by atoms with E-state index in [-0.39, 0.29) is 12.0 Å². The lowest BCUT2D eigenvalue weighted by Gasteiger charge is -2.10. The zero-order valence-electron chi connectivity index (χ0n) is 11.1. The van der Waals surface area contributed by atoms with Crippen molar-refractivity contribution in [2.24, 2.45) is 0 Å². The third-order valence-corrected chi connectivity index (χ3v) is 3.22. The number of hydrogen-bond donors (Lipinski definition) is 0. The molecule has 0 saturated heterocycles. The molecular formula is C17H16F2. The predicted molar refractivity (Wildman–Crippen MR) is 75.2 cm³/mol. The third kappa shape index (κ3) is 3.28. The molecule has 19 heavy (non-hydrogen) atoms. The Morgan fingerprint density at radius 2 is 1.63 bits per heavy atom. The van der Waals surface area contributed by atoms with Gasteiger partial charge in [-0.3, -0.25) is 0 Å². The monoisotopic (exact) mass is 258 g/mol. The maximum Gasteiger partial charge on any atom is 0.274 e. The van der Waals surface area contributed by atoms with Crippen LogP contribution in [0.1, 0.15) is 22.3 Å². The Kier molecular flexibility index (Phi) is 4.10. The van der Waals surface area contributed by atoms with Crippen molar-refractivity contribution in [2.45, 2.75) is 20.3 Å². The highest BCUT2D eigenvalue weighted by Gasteiger charge is 2.11. The molecule has 2 aromatic rings. The molecule has 0 aromatic heterocycles. The average molecular weight is 258 g/mol. The second-order valence-corrected chi connectivity index (χ2v) is 4.71. The van der Waals surface area contributed by atoms with Gasteiger partial charge in [-0.2, -0.15) is 8.78 Å². The lowest BCUT2D eigenvalue weighted by molar-refractivity contribution is 0.424. The maximum atomic E-state index is 13.2. The quantitative estimate of drug-likeness (QED) is 0.714. The summed E-state index contributed by atoms with van der Waals surface area (Å²) in [5, 5.41) is 0. The second-order valence-electron chi connectivity index (χ2n) is 4.71. The van der Waals surface area contributed by atoms with E-state index in [0.717, 1.165) is 16.7 Å². The van der Waals surface area contributed by atoms with Crippen LogP contribution in [0.3, 0.4) is 0 Å². The van der Waals surface area contributed by atoms with E-state index in [0.29, 0.717) is 5.56 Å². The number of rotatable bonds is 3. The molecule has 0 fully saturated rings. The van der Waals surface area contributed by atoms with Gasteiger partial charge < -0.3 is 0 Å². The fourth-order valence-corrected chi connectivity index (χ4v) is 2.10. The fourth-order valence-electron chi connectivity index (χ4n) is 2.10. The molecule has 0 aliphatic heterocycles. The van der Waals surface area contributed by atoms with Gasteiger partial charge in [-0.05, 0) is 30.5 Å². The lowest BCUT2D eigenvalue weighted by atomic mass is 9.95. The van der Waals surface area contributed by atoms with Crippen molar-refractivity contribution in [2.75, 3.05) is 0 Å². The van der Waals surface area contributed by atoms with Gasteiger partial charge in [-0.25, -0.2) is 0 Å². The van der Waals surface area contributed by atoms with Crippen LogP contribution in [0.2, 0.25) is 0 Å². The van der Waals surface area contributed by atoms with E-state index in [1.807, 2.05) is 38.1 Å². The van der Waals surface area contributed by atoms with Crippen LogP contribution in [0.15, 0.2) is 54.6 Å². The molecule has 2 rings (SSSR count). The number of halogens is 2. The molecule has 0 N–H and O–H groups in total. The van der Waals surface area contributed by atoms with Gasteiger partial charge in [0.15, 0.2) is 0 Å². The van der Waals surface area contributed by atoms with Crippen LogP contribution in [0.25, 0.3) is 5.57 Å². The highest BCUT2D eigenvalue weighted by atomic mass is 19.3. The first-order valence-electron chi connectivity index (χ1n) is 6.23. The van der Waals surface area contributed by atoms with Crippen LogP contribution in [-0.4, -0.2) is 0 Å². The summed E-state index contributed by atoms with van der Waals surface area (Å²) in [4.78, 5) is 0. The molecule has 0 spiro atoms. The van der Waals surface area contributed by atoms with Gasteiger partial charge in [-0.15, -0.1) is 0 Å². The molecule has 2 aromatic carbocycles. The molecule has 0 nitrogen and oxygen atoms in total. The van der Waals surface area contributed by atoms with Crippen LogP contribution in [0, 0.1) is 13.8 Å². The number of hydrogen-bond acceptors (Lipinski definition) is 0. The van der Waals surface area contributed by atoms with E-state index in [9.17, 15) is 8.78 Å². The van der Waals surface area contributed by atoms with E-state index in [1.54, 1.807) is 24.3 Å². The van der Waals surface area contributed by atoms with Crippen LogP contribution in [0.4, 0.5) is 8.78 Å². The zero-order valence-corrected chi connectivity index (χ0v) is 11.1. The zero-order chi connectivity index (χ0) is 13.8. The molecule has 0 saturated carbocycles. The minimum Gasteiger partial charge on any atom is -0.173 e. The first-order chi connectivity index (χ1) is 9.08. The van der Waals surface area contributed by atoms with Gasteiger partial charge in [0.05, 0.1) is 0 Å².